The molecule has 3 rings (SSSR count). The first-order chi connectivity index (χ1) is 15.9. The molecule has 3 nitrogen and oxygen atoms in total. The quantitative estimate of drug-likeness (QED) is 0.169. The Kier molecular flexibility index (Phi) is 10.4. The smallest absolute Gasteiger partial charge is 0.164 e. The number of fused-ring (bicyclic) bond motifs is 1. The summed E-state index contributed by atoms with van der Waals surface area (Å²) in [6.45, 7) is 22.1. The number of rotatable bonds is 2. The fraction of sp³-hybridized carbons (Fsp3) is 0.438. The zero-order valence-electron chi connectivity index (χ0n) is 23.8. The van der Waals surface area contributed by atoms with E-state index < -0.39 is 5.41 Å². The van der Waals surface area contributed by atoms with Crippen molar-refractivity contribution in [3.63, 3.8) is 0 Å². The van der Waals surface area contributed by atoms with Crippen molar-refractivity contribution in [1.29, 1.82) is 0 Å². The molecule has 1 aromatic heterocycles. The topological polar surface area (TPSA) is 50.2 Å². The molecule has 2 aromatic carbocycles. The monoisotopic (exact) mass is 665 g/mol. The van der Waals surface area contributed by atoms with Crippen LogP contribution in [-0.4, -0.2) is 15.9 Å². The summed E-state index contributed by atoms with van der Waals surface area (Å²) in [7, 11) is 0. The number of carbonyl (C=O) groups is 1. The Morgan fingerprint density at radius 2 is 1.47 bits per heavy atom. The van der Waals surface area contributed by atoms with Crippen LogP contribution in [0, 0.1) is 30.7 Å². The van der Waals surface area contributed by atoms with Gasteiger partial charge in [-0.3, -0.25) is 9.78 Å². The van der Waals surface area contributed by atoms with Gasteiger partial charge in [-0.05, 0) is 29.7 Å². The average molecular weight is 665 g/mol. The Morgan fingerprint density at radius 1 is 0.889 bits per heavy atom. The Labute approximate surface area is 231 Å². The van der Waals surface area contributed by atoms with Gasteiger partial charge in [0.1, 0.15) is 5.76 Å². The van der Waals surface area contributed by atoms with Crippen LogP contribution in [0.5, 0.6) is 0 Å². The molecule has 1 N–H and O–H groups in total. The molecule has 0 atom stereocenters. The molecule has 0 bridgehead atoms. The van der Waals surface area contributed by atoms with Crippen LogP contribution < -0.4 is 0 Å². The minimum Gasteiger partial charge on any atom is -0.512 e. The summed E-state index contributed by atoms with van der Waals surface area (Å²) in [6, 6.07) is 18.4. The van der Waals surface area contributed by atoms with E-state index in [0.29, 0.717) is 0 Å². The zero-order valence-corrected chi connectivity index (χ0v) is 26.1. The average Bonchev–Trinajstić information content (AvgIpc) is 2.71. The minimum absolute atomic E-state index is 0. The van der Waals surface area contributed by atoms with Crippen molar-refractivity contribution >= 4 is 16.7 Å². The number of ketones is 1. The molecule has 1 radical (unpaired) electrons. The SMILES string of the molecule is CC(C)(C)C(=O)/C=C(\O)C(C)(C)C.Cc1[c-]c(-c2cc(C)c3ccccc3n2)cc(C(C)(C)C)c1.[Ir]. The fourth-order valence-electron chi connectivity index (χ4n) is 3.33. The van der Waals surface area contributed by atoms with Crippen LogP contribution >= 0.6 is 0 Å². The first-order valence-electron chi connectivity index (χ1n) is 12.3. The van der Waals surface area contributed by atoms with Crippen molar-refractivity contribution in [3.8, 4) is 11.3 Å². The van der Waals surface area contributed by atoms with Gasteiger partial charge in [-0.15, -0.1) is 34.9 Å². The van der Waals surface area contributed by atoms with E-state index in [9.17, 15) is 9.90 Å². The number of carbonyl (C=O) groups excluding carboxylic acids is 1. The molecule has 0 fully saturated rings. The normalized spacial score (nSPS) is 12.5. The fourth-order valence-corrected chi connectivity index (χ4v) is 3.33. The van der Waals surface area contributed by atoms with Gasteiger partial charge < -0.3 is 5.11 Å². The third-order valence-electron chi connectivity index (χ3n) is 5.84. The van der Waals surface area contributed by atoms with Crippen LogP contribution in [0.4, 0.5) is 0 Å². The maximum Gasteiger partial charge on any atom is 0.164 e. The summed E-state index contributed by atoms with van der Waals surface area (Å²) >= 11 is 0. The number of para-hydroxylation sites is 1. The van der Waals surface area contributed by atoms with Crippen LogP contribution in [0.2, 0.25) is 0 Å². The van der Waals surface area contributed by atoms with Crippen molar-refractivity contribution in [2.24, 2.45) is 10.8 Å². The van der Waals surface area contributed by atoms with E-state index in [2.05, 4.69) is 77.1 Å². The van der Waals surface area contributed by atoms with Gasteiger partial charge in [0.05, 0.1) is 5.52 Å². The Hall–Kier alpha value is -2.29. The number of aliphatic hydroxyl groups excluding tert-OH is 1. The molecule has 3 aromatic rings. The molecule has 4 heteroatoms. The number of hydrogen-bond donors (Lipinski definition) is 1. The van der Waals surface area contributed by atoms with Crippen molar-refractivity contribution in [1.82, 2.24) is 4.98 Å². The zero-order chi connectivity index (χ0) is 26.8. The second-order valence-corrected chi connectivity index (χ2v) is 12.5. The molecule has 0 aliphatic rings. The molecular weight excluding hydrogens is 623 g/mol. The van der Waals surface area contributed by atoms with Gasteiger partial charge in [-0.1, -0.05) is 93.5 Å². The second kappa shape index (κ2) is 11.8. The summed E-state index contributed by atoms with van der Waals surface area (Å²) in [5.74, 6) is 0.104. The number of aryl methyl sites for hydroxylation is 2. The summed E-state index contributed by atoms with van der Waals surface area (Å²) < 4.78 is 0. The number of nitrogens with zero attached hydrogens (tertiary/aromatic N) is 1. The number of benzene rings is 2. The first-order valence-corrected chi connectivity index (χ1v) is 12.3. The molecule has 0 aliphatic heterocycles. The Morgan fingerprint density at radius 3 is 2.00 bits per heavy atom. The molecule has 0 saturated heterocycles. The van der Waals surface area contributed by atoms with Gasteiger partial charge in [0.25, 0.3) is 0 Å². The molecule has 1 heterocycles. The van der Waals surface area contributed by atoms with Crippen molar-refractivity contribution in [3.05, 3.63) is 77.1 Å². The predicted octanol–water partition coefficient (Wildman–Crippen LogP) is 8.70. The van der Waals surface area contributed by atoms with Crippen LogP contribution in [-0.2, 0) is 30.3 Å². The molecule has 197 valence electrons. The van der Waals surface area contributed by atoms with Gasteiger partial charge in [-0.2, -0.15) is 0 Å². The summed E-state index contributed by atoms with van der Waals surface area (Å²) in [5.41, 5.74) is 6.24. The van der Waals surface area contributed by atoms with Crippen molar-refractivity contribution < 1.29 is 30.0 Å². The van der Waals surface area contributed by atoms with Crippen molar-refractivity contribution in [2.45, 2.75) is 81.6 Å². The van der Waals surface area contributed by atoms with E-state index in [1.807, 2.05) is 47.6 Å². The molecule has 36 heavy (non-hydrogen) atoms. The molecule has 0 unspecified atom stereocenters. The van der Waals surface area contributed by atoms with Crippen molar-refractivity contribution in [2.75, 3.05) is 0 Å². The number of allylic oxidation sites excluding steroid dienone is 2. The predicted molar refractivity (Wildman–Crippen MR) is 149 cm³/mol. The summed E-state index contributed by atoms with van der Waals surface area (Å²) in [6.07, 6.45) is 1.33. The molecule has 0 spiro atoms. The van der Waals surface area contributed by atoms with E-state index in [4.69, 9.17) is 4.98 Å². The first kappa shape index (κ1) is 31.7. The van der Waals surface area contributed by atoms with Crippen LogP contribution in [0.15, 0.2) is 54.3 Å². The minimum atomic E-state index is -0.417. The number of pyridine rings is 1. The third kappa shape index (κ3) is 8.68. The summed E-state index contributed by atoms with van der Waals surface area (Å²) in [4.78, 5) is 16.3. The third-order valence-corrected chi connectivity index (χ3v) is 5.84. The molecular formula is C32H42IrNO2-. The van der Waals surface area contributed by atoms with E-state index in [1.54, 1.807) is 0 Å². The molecule has 0 amide bonds. The van der Waals surface area contributed by atoms with E-state index in [-0.39, 0.29) is 42.5 Å². The van der Waals surface area contributed by atoms with Gasteiger partial charge in [0, 0.05) is 42.4 Å². The number of hydrogen-bond acceptors (Lipinski definition) is 3. The maximum atomic E-state index is 11.5. The number of aliphatic hydroxyl groups is 1. The number of aromatic nitrogens is 1. The summed E-state index contributed by atoms with van der Waals surface area (Å²) in [5, 5.41) is 10.8. The van der Waals surface area contributed by atoms with Gasteiger partial charge >= 0.3 is 0 Å². The largest absolute Gasteiger partial charge is 0.512 e. The van der Waals surface area contributed by atoms with Gasteiger partial charge in [0.15, 0.2) is 5.78 Å². The van der Waals surface area contributed by atoms with Gasteiger partial charge in [-0.25, -0.2) is 0 Å². The molecule has 0 aliphatic carbocycles. The van der Waals surface area contributed by atoms with E-state index >= 15 is 0 Å². The maximum absolute atomic E-state index is 11.5. The van der Waals surface area contributed by atoms with Crippen LogP contribution in [0.1, 0.15) is 79.0 Å². The van der Waals surface area contributed by atoms with E-state index in [1.165, 1.54) is 22.6 Å². The standard InChI is InChI=1S/C21H22N.C11H20O2.Ir/c1-14-10-16(13-17(11-14)21(3,4)5)20-12-15(2)18-8-6-7-9-19(18)22-20;1-10(2,3)8(12)7-9(13)11(4,5)6;/h6-9,11-13H,1-5H3;7,12H,1-6H3;/q-1;;/b;8-7-;. The van der Waals surface area contributed by atoms with E-state index in [0.717, 1.165) is 22.3 Å². The second-order valence-electron chi connectivity index (χ2n) is 12.5. The van der Waals surface area contributed by atoms with Gasteiger partial charge in [0.2, 0.25) is 0 Å². The van der Waals surface area contributed by atoms with Crippen LogP contribution in [0.3, 0.4) is 0 Å². The Bertz CT molecular complexity index is 1240. The van der Waals surface area contributed by atoms with Crippen LogP contribution in [0.25, 0.3) is 22.2 Å². The molecule has 0 saturated carbocycles. The Balaban J connectivity index is 0.000000402.